The molecule has 0 N–H and O–H groups in total. The number of hydrogen-bond donors (Lipinski definition) is 0. The fraction of sp³-hybridized carbons (Fsp3) is 0.611. The highest BCUT2D eigenvalue weighted by molar-refractivity contribution is 8.00. The predicted octanol–water partition coefficient (Wildman–Crippen LogP) is 3.23. The zero-order valence-corrected chi connectivity index (χ0v) is 16.3. The SMILES string of the molecule is CCCN(C(=O)C(Sc1ccccc1)C(C)C)C1CCS(=O)(=O)C1. The highest BCUT2D eigenvalue weighted by Gasteiger charge is 2.37. The van der Waals surface area contributed by atoms with Crippen molar-refractivity contribution in [2.24, 2.45) is 5.92 Å². The molecule has 1 aromatic carbocycles. The van der Waals surface area contributed by atoms with Gasteiger partial charge in [0.1, 0.15) is 0 Å². The minimum Gasteiger partial charge on any atom is -0.338 e. The lowest BCUT2D eigenvalue weighted by Gasteiger charge is -2.32. The van der Waals surface area contributed by atoms with Gasteiger partial charge in [-0.15, -0.1) is 11.8 Å². The number of carbonyl (C=O) groups is 1. The first kappa shape index (κ1) is 19.3. The summed E-state index contributed by atoms with van der Waals surface area (Å²) >= 11 is 1.58. The number of sulfone groups is 1. The zero-order valence-electron chi connectivity index (χ0n) is 14.6. The van der Waals surface area contributed by atoms with Gasteiger partial charge in [0.05, 0.1) is 16.8 Å². The lowest BCUT2D eigenvalue weighted by molar-refractivity contribution is -0.133. The van der Waals surface area contributed by atoms with E-state index < -0.39 is 9.84 Å². The van der Waals surface area contributed by atoms with Crippen molar-refractivity contribution in [3.8, 4) is 0 Å². The predicted molar refractivity (Wildman–Crippen MR) is 100.0 cm³/mol. The maximum Gasteiger partial charge on any atom is 0.236 e. The topological polar surface area (TPSA) is 54.5 Å². The molecule has 0 spiro atoms. The van der Waals surface area contributed by atoms with Crippen molar-refractivity contribution < 1.29 is 13.2 Å². The number of benzene rings is 1. The van der Waals surface area contributed by atoms with Crippen LogP contribution in [0.15, 0.2) is 35.2 Å². The number of thioether (sulfide) groups is 1. The third-order valence-corrected chi connectivity index (χ3v) is 7.55. The molecule has 1 aliphatic rings. The van der Waals surface area contributed by atoms with E-state index >= 15 is 0 Å². The Balaban J connectivity index is 2.18. The van der Waals surface area contributed by atoms with Crippen molar-refractivity contribution in [3.63, 3.8) is 0 Å². The molecule has 0 aliphatic carbocycles. The second kappa shape index (κ2) is 8.39. The van der Waals surface area contributed by atoms with E-state index in [1.807, 2.05) is 56.0 Å². The molecule has 1 saturated heterocycles. The van der Waals surface area contributed by atoms with Crippen molar-refractivity contribution in [2.75, 3.05) is 18.1 Å². The zero-order chi connectivity index (χ0) is 17.7. The van der Waals surface area contributed by atoms with Crippen molar-refractivity contribution in [2.45, 2.75) is 49.8 Å². The fourth-order valence-electron chi connectivity index (χ4n) is 3.02. The molecule has 0 radical (unpaired) electrons. The Kier molecular flexibility index (Phi) is 6.75. The van der Waals surface area contributed by atoms with Crippen LogP contribution in [-0.4, -0.2) is 48.6 Å². The van der Waals surface area contributed by atoms with Crippen molar-refractivity contribution in [1.82, 2.24) is 4.90 Å². The molecular weight excluding hydrogens is 342 g/mol. The minimum atomic E-state index is -3.00. The molecule has 4 nitrogen and oxygen atoms in total. The van der Waals surface area contributed by atoms with Crippen LogP contribution in [0.2, 0.25) is 0 Å². The summed E-state index contributed by atoms with van der Waals surface area (Å²) < 4.78 is 23.6. The Bertz CT molecular complexity index is 643. The van der Waals surface area contributed by atoms with Gasteiger partial charge in [-0.05, 0) is 30.9 Å². The first-order chi connectivity index (χ1) is 11.3. The normalized spacial score (nSPS) is 20.9. The molecule has 1 heterocycles. The molecule has 2 atom stereocenters. The first-order valence-electron chi connectivity index (χ1n) is 8.56. The van der Waals surface area contributed by atoms with Crippen LogP contribution >= 0.6 is 11.8 Å². The quantitative estimate of drug-likeness (QED) is 0.693. The third-order valence-electron chi connectivity index (χ3n) is 4.25. The lowest BCUT2D eigenvalue weighted by Crippen LogP contribution is -2.47. The van der Waals surface area contributed by atoms with Crippen LogP contribution in [0.5, 0.6) is 0 Å². The maximum atomic E-state index is 13.2. The van der Waals surface area contributed by atoms with Gasteiger partial charge >= 0.3 is 0 Å². The molecule has 0 bridgehead atoms. The second-order valence-electron chi connectivity index (χ2n) is 6.68. The van der Waals surface area contributed by atoms with Gasteiger partial charge in [-0.2, -0.15) is 0 Å². The lowest BCUT2D eigenvalue weighted by atomic mass is 10.1. The molecule has 0 saturated carbocycles. The highest BCUT2D eigenvalue weighted by atomic mass is 32.2. The number of nitrogens with zero attached hydrogens (tertiary/aromatic N) is 1. The van der Waals surface area contributed by atoms with Gasteiger partial charge in [-0.1, -0.05) is 39.0 Å². The summed E-state index contributed by atoms with van der Waals surface area (Å²) in [6.45, 7) is 6.75. The van der Waals surface area contributed by atoms with Crippen LogP contribution in [-0.2, 0) is 14.6 Å². The van der Waals surface area contributed by atoms with E-state index in [4.69, 9.17) is 0 Å². The standard InChI is InChI=1S/C18H27NO3S2/c1-4-11-19(15-10-12-24(21,22)13-15)18(20)17(14(2)3)23-16-8-6-5-7-9-16/h5-9,14-15,17H,4,10-13H2,1-3H3. The number of rotatable bonds is 7. The highest BCUT2D eigenvalue weighted by Crippen LogP contribution is 2.31. The first-order valence-corrected chi connectivity index (χ1v) is 11.3. The molecule has 24 heavy (non-hydrogen) atoms. The minimum absolute atomic E-state index is 0.0720. The van der Waals surface area contributed by atoms with Gasteiger partial charge in [0.25, 0.3) is 0 Å². The van der Waals surface area contributed by atoms with Gasteiger partial charge < -0.3 is 4.90 Å². The Hall–Kier alpha value is -1.01. The van der Waals surface area contributed by atoms with Crippen LogP contribution in [0.3, 0.4) is 0 Å². The molecule has 6 heteroatoms. The van der Waals surface area contributed by atoms with Gasteiger partial charge in [-0.3, -0.25) is 4.79 Å². The van der Waals surface area contributed by atoms with Crippen LogP contribution in [0.25, 0.3) is 0 Å². The van der Waals surface area contributed by atoms with Crippen LogP contribution < -0.4 is 0 Å². The number of amides is 1. The largest absolute Gasteiger partial charge is 0.338 e. The summed E-state index contributed by atoms with van der Waals surface area (Å²) in [5.74, 6) is 0.561. The van der Waals surface area contributed by atoms with Gasteiger partial charge in [0.15, 0.2) is 9.84 Å². The van der Waals surface area contributed by atoms with Gasteiger partial charge in [0.2, 0.25) is 5.91 Å². The molecule has 134 valence electrons. The smallest absolute Gasteiger partial charge is 0.236 e. The van der Waals surface area contributed by atoms with Crippen LogP contribution in [0.1, 0.15) is 33.6 Å². The Morgan fingerprint density at radius 1 is 1.29 bits per heavy atom. The van der Waals surface area contributed by atoms with Crippen LogP contribution in [0.4, 0.5) is 0 Å². The molecule has 1 aliphatic heterocycles. The van der Waals surface area contributed by atoms with E-state index in [0.717, 1.165) is 11.3 Å². The van der Waals surface area contributed by atoms with Crippen molar-refractivity contribution in [1.29, 1.82) is 0 Å². The molecule has 2 unspecified atom stereocenters. The van der Waals surface area contributed by atoms with E-state index in [0.29, 0.717) is 13.0 Å². The fourth-order valence-corrected chi connectivity index (χ4v) is 5.86. The Morgan fingerprint density at radius 3 is 2.46 bits per heavy atom. The Labute approximate surface area is 149 Å². The van der Waals surface area contributed by atoms with E-state index in [1.165, 1.54) is 0 Å². The summed E-state index contributed by atoms with van der Waals surface area (Å²) in [5.41, 5.74) is 0. The molecule has 0 aromatic heterocycles. The summed E-state index contributed by atoms with van der Waals surface area (Å²) in [7, 11) is -3.00. The van der Waals surface area contributed by atoms with E-state index in [1.54, 1.807) is 11.8 Å². The number of hydrogen-bond acceptors (Lipinski definition) is 4. The maximum absolute atomic E-state index is 13.2. The van der Waals surface area contributed by atoms with Gasteiger partial charge in [-0.25, -0.2) is 8.42 Å². The summed E-state index contributed by atoms with van der Waals surface area (Å²) in [6, 6.07) is 9.76. The van der Waals surface area contributed by atoms with Gasteiger partial charge in [0, 0.05) is 17.5 Å². The molecule has 2 rings (SSSR count). The van der Waals surface area contributed by atoms with E-state index in [2.05, 4.69) is 0 Å². The summed E-state index contributed by atoms with van der Waals surface area (Å²) in [5, 5.41) is -0.192. The number of carbonyl (C=O) groups excluding carboxylic acids is 1. The monoisotopic (exact) mass is 369 g/mol. The summed E-state index contributed by atoms with van der Waals surface area (Å²) in [6.07, 6.45) is 1.40. The second-order valence-corrected chi connectivity index (χ2v) is 10.1. The van der Waals surface area contributed by atoms with E-state index in [9.17, 15) is 13.2 Å². The Morgan fingerprint density at radius 2 is 1.96 bits per heavy atom. The average Bonchev–Trinajstić information content (AvgIpc) is 2.90. The van der Waals surface area contributed by atoms with Crippen molar-refractivity contribution >= 4 is 27.5 Å². The average molecular weight is 370 g/mol. The summed E-state index contributed by atoms with van der Waals surface area (Å²) in [4.78, 5) is 16.1. The molecular formula is C18H27NO3S2. The molecule has 1 aromatic rings. The molecule has 1 amide bonds. The molecule has 1 fully saturated rings. The van der Waals surface area contributed by atoms with Crippen LogP contribution in [0, 0.1) is 5.92 Å². The van der Waals surface area contributed by atoms with E-state index in [-0.39, 0.29) is 34.6 Å². The third kappa shape index (κ3) is 4.99. The van der Waals surface area contributed by atoms with Crippen molar-refractivity contribution in [3.05, 3.63) is 30.3 Å².